The molecule has 1 aromatic heterocycles. The number of H-pyrrole nitrogens is 1. The number of nitrogens with zero attached hydrogens (tertiary/aromatic N) is 2. The largest absolute Gasteiger partial charge is 0.356 e. The molecule has 1 aromatic rings. The van der Waals surface area contributed by atoms with E-state index in [2.05, 4.69) is 20.5 Å². The van der Waals surface area contributed by atoms with Crippen LogP contribution in [0.2, 0.25) is 0 Å². The first-order valence-electron chi connectivity index (χ1n) is 5.95. The van der Waals surface area contributed by atoms with Crippen molar-refractivity contribution in [2.24, 2.45) is 5.92 Å². The van der Waals surface area contributed by atoms with Gasteiger partial charge in [0, 0.05) is 19.4 Å². The average molecular weight is 222 g/mol. The van der Waals surface area contributed by atoms with E-state index >= 15 is 0 Å². The van der Waals surface area contributed by atoms with Gasteiger partial charge in [0.1, 0.15) is 12.2 Å². The molecule has 88 valence electrons. The first kappa shape index (κ1) is 11.1. The Morgan fingerprint density at radius 3 is 3.00 bits per heavy atom. The summed E-state index contributed by atoms with van der Waals surface area (Å²) in [4.78, 5) is 15.6. The van der Waals surface area contributed by atoms with Crippen LogP contribution >= 0.6 is 0 Å². The van der Waals surface area contributed by atoms with E-state index in [9.17, 15) is 4.79 Å². The molecular formula is C11H18N4O. The van der Waals surface area contributed by atoms with Gasteiger partial charge in [-0.2, -0.15) is 5.10 Å². The predicted octanol–water partition coefficient (Wildman–Crippen LogP) is 1.04. The molecule has 1 heterocycles. The van der Waals surface area contributed by atoms with Gasteiger partial charge in [0.25, 0.3) is 0 Å². The molecule has 1 fully saturated rings. The van der Waals surface area contributed by atoms with Gasteiger partial charge in [-0.3, -0.25) is 9.89 Å². The average Bonchev–Trinajstić information content (AvgIpc) is 2.90. The fourth-order valence-corrected chi connectivity index (χ4v) is 2.22. The van der Waals surface area contributed by atoms with Gasteiger partial charge in [0.05, 0.1) is 0 Å². The van der Waals surface area contributed by atoms with Crippen molar-refractivity contribution in [2.45, 2.75) is 38.5 Å². The van der Waals surface area contributed by atoms with Crippen LogP contribution < -0.4 is 5.32 Å². The Bertz CT molecular complexity index is 317. The number of carbonyl (C=O) groups is 1. The number of aromatic amines is 1. The van der Waals surface area contributed by atoms with E-state index in [-0.39, 0.29) is 5.91 Å². The number of carbonyl (C=O) groups excluding carboxylic acids is 1. The molecule has 5 heteroatoms. The second-order valence-corrected chi connectivity index (χ2v) is 4.39. The third kappa shape index (κ3) is 3.32. The summed E-state index contributed by atoms with van der Waals surface area (Å²) in [7, 11) is 0. The van der Waals surface area contributed by atoms with Crippen molar-refractivity contribution in [1.82, 2.24) is 20.5 Å². The standard InChI is InChI=1S/C11H18N4O/c16-11(7-9-3-1-2-4-9)12-6-5-10-13-8-14-15-10/h8-9H,1-7H2,(H,12,16)(H,13,14,15). The summed E-state index contributed by atoms with van der Waals surface area (Å²) in [6.07, 6.45) is 7.90. The number of hydrogen-bond acceptors (Lipinski definition) is 3. The summed E-state index contributed by atoms with van der Waals surface area (Å²) < 4.78 is 0. The zero-order valence-corrected chi connectivity index (χ0v) is 9.41. The molecule has 0 unspecified atom stereocenters. The third-order valence-corrected chi connectivity index (χ3v) is 3.10. The molecule has 1 saturated carbocycles. The maximum Gasteiger partial charge on any atom is 0.220 e. The summed E-state index contributed by atoms with van der Waals surface area (Å²) in [6.45, 7) is 0.640. The molecule has 2 rings (SSSR count). The molecule has 16 heavy (non-hydrogen) atoms. The number of hydrogen-bond donors (Lipinski definition) is 2. The highest BCUT2D eigenvalue weighted by Crippen LogP contribution is 2.27. The molecule has 0 radical (unpaired) electrons. The fraction of sp³-hybridized carbons (Fsp3) is 0.727. The molecule has 0 bridgehead atoms. The van der Waals surface area contributed by atoms with E-state index in [0.29, 0.717) is 18.9 Å². The van der Waals surface area contributed by atoms with E-state index in [0.717, 1.165) is 12.2 Å². The van der Waals surface area contributed by atoms with E-state index < -0.39 is 0 Å². The smallest absolute Gasteiger partial charge is 0.220 e. The van der Waals surface area contributed by atoms with Gasteiger partial charge in [0.2, 0.25) is 5.91 Å². The lowest BCUT2D eigenvalue weighted by Gasteiger charge is -2.08. The van der Waals surface area contributed by atoms with Crippen molar-refractivity contribution >= 4 is 5.91 Å². The van der Waals surface area contributed by atoms with Crippen molar-refractivity contribution in [3.8, 4) is 0 Å². The van der Waals surface area contributed by atoms with Crippen LogP contribution in [-0.4, -0.2) is 27.6 Å². The molecule has 0 aliphatic heterocycles. The van der Waals surface area contributed by atoms with Crippen LogP contribution in [0.5, 0.6) is 0 Å². The Kier molecular flexibility index (Phi) is 3.91. The molecule has 0 saturated heterocycles. The highest BCUT2D eigenvalue weighted by atomic mass is 16.1. The quantitative estimate of drug-likeness (QED) is 0.782. The lowest BCUT2D eigenvalue weighted by atomic mass is 10.0. The summed E-state index contributed by atoms with van der Waals surface area (Å²) in [5.74, 6) is 1.61. The first-order chi connectivity index (χ1) is 7.84. The Hall–Kier alpha value is -1.39. The first-order valence-corrected chi connectivity index (χ1v) is 5.95. The Morgan fingerprint density at radius 2 is 2.31 bits per heavy atom. The van der Waals surface area contributed by atoms with Crippen molar-refractivity contribution < 1.29 is 4.79 Å². The van der Waals surface area contributed by atoms with Gasteiger partial charge in [-0.05, 0) is 18.8 Å². The van der Waals surface area contributed by atoms with Crippen LogP contribution in [0.4, 0.5) is 0 Å². The maximum absolute atomic E-state index is 11.6. The molecule has 0 atom stereocenters. The van der Waals surface area contributed by atoms with Gasteiger partial charge in [-0.1, -0.05) is 12.8 Å². The van der Waals surface area contributed by atoms with Gasteiger partial charge in [-0.25, -0.2) is 4.98 Å². The highest BCUT2D eigenvalue weighted by molar-refractivity contribution is 5.76. The minimum absolute atomic E-state index is 0.173. The van der Waals surface area contributed by atoms with Crippen LogP contribution in [0, 0.1) is 5.92 Å². The van der Waals surface area contributed by atoms with Gasteiger partial charge >= 0.3 is 0 Å². The SMILES string of the molecule is O=C(CC1CCCC1)NCCc1ncn[nH]1. The van der Waals surface area contributed by atoms with Crippen molar-refractivity contribution in [3.05, 3.63) is 12.2 Å². The fourth-order valence-electron chi connectivity index (χ4n) is 2.22. The summed E-state index contributed by atoms with van der Waals surface area (Å²) >= 11 is 0. The monoisotopic (exact) mass is 222 g/mol. The zero-order chi connectivity index (χ0) is 11.2. The normalized spacial score (nSPS) is 16.5. The van der Waals surface area contributed by atoms with E-state index in [1.165, 1.54) is 32.0 Å². The minimum Gasteiger partial charge on any atom is -0.356 e. The van der Waals surface area contributed by atoms with Crippen LogP contribution in [0.15, 0.2) is 6.33 Å². The maximum atomic E-state index is 11.6. The highest BCUT2D eigenvalue weighted by Gasteiger charge is 2.17. The Labute approximate surface area is 95.0 Å². The van der Waals surface area contributed by atoms with Crippen LogP contribution in [0.25, 0.3) is 0 Å². The molecule has 0 aromatic carbocycles. The summed E-state index contributed by atoms with van der Waals surface area (Å²) in [5, 5.41) is 9.45. The molecular weight excluding hydrogens is 204 g/mol. The molecule has 5 nitrogen and oxygen atoms in total. The Balaban J connectivity index is 1.60. The van der Waals surface area contributed by atoms with E-state index in [1.54, 1.807) is 0 Å². The van der Waals surface area contributed by atoms with Gasteiger partial charge in [0.15, 0.2) is 0 Å². The number of nitrogens with one attached hydrogen (secondary N) is 2. The molecule has 0 spiro atoms. The molecule has 2 N–H and O–H groups in total. The summed E-state index contributed by atoms with van der Waals surface area (Å²) in [5.41, 5.74) is 0. The molecule has 1 amide bonds. The molecule has 1 aliphatic carbocycles. The van der Waals surface area contributed by atoms with Crippen molar-refractivity contribution in [3.63, 3.8) is 0 Å². The third-order valence-electron chi connectivity index (χ3n) is 3.10. The van der Waals surface area contributed by atoms with Gasteiger partial charge in [-0.15, -0.1) is 0 Å². The summed E-state index contributed by atoms with van der Waals surface area (Å²) in [6, 6.07) is 0. The zero-order valence-electron chi connectivity index (χ0n) is 9.41. The van der Waals surface area contributed by atoms with Crippen LogP contribution in [0.1, 0.15) is 37.9 Å². The van der Waals surface area contributed by atoms with E-state index in [1.807, 2.05) is 0 Å². The lowest BCUT2D eigenvalue weighted by molar-refractivity contribution is -0.121. The van der Waals surface area contributed by atoms with Crippen LogP contribution in [0.3, 0.4) is 0 Å². The number of aromatic nitrogens is 3. The number of rotatable bonds is 5. The Morgan fingerprint density at radius 1 is 1.50 bits per heavy atom. The second kappa shape index (κ2) is 5.63. The second-order valence-electron chi connectivity index (χ2n) is 4.39. The van der Waals surface area contributed by atoms with Gasteiger partial charge < -0.3 is 5.32 Å². The minimum atomic E-state index is 0.173. The van der Waals surface area contributed by atoms with Crippen LogP contribution in [-0.2, 0) is 11.2 Å². The molecule has 1 aliphatic rings. The predicted molar refractivity (Wildman–Crippen MR) is 59.7 cm³/mol. The van der Waals surface area contributed by atoms with Crippen molar-refractivity contribution in [1.29, 1.82) is 0 Å². The van der Waals surface area contributed by atoms with E-state index in [4.69, 9.17) is 0 Å². The number of amides is 1. The topological polar surface area (TPSA) is 70.7 Å². The van der Waals surface area contributed by atoms with Crippen molar-refractivity contribution in [2.75, 3.05) is 6.54 Å². The lowest BCUT2D eigenvalue weighted by Crippen LogP contribution is -2.27.